The number of ketones is 1. The van der Waals surface area contributed by atoms with Gasteiger partial charge in [-0.2, -0.15) is 5.26 Å². The molecule has 1 saturated heterocycles. The zero-order valence-corrected chi connectivity index (χ0v) is 16.5. The van der Waals surface area contributed by atoms with E-state index in [9.17, 15) is 4.79 Å². The molecule has 0 radical (unpaired) electrons. The van der Waals surface area contributed by atoms with Gasteiger partial charge in [-0.05, 0) is 54.4 Å². The van der Waals surface area contributed by atoms with Gasteiger partial charge in [0.25, 0.3) is 0 Å². The summed E-state index contributed by atoms with van der Waals surface area (Å²) in [6.45, 7) is 4.70. The number of allylic oxidation sites excluding steroid dienone is 1. The predicted molar refractivity (Wildman–Crippen MR) is 108 cm³/mol. The molecule has 2 fully saturated rings. The van der Waals surface area contributed by atoms with Gasteiger partial charge in [-0.3, -0.25) is 9.69 Å². The molecule has 142 valence electrons. The molecule has 3 heteroatoms. The topological polar surface area (TPSA) is 44.1 Å². The van der Waals surface area contributed by atoms with Crippen LogP contribution in [-0.4, -0.2) is 30.3 Å². The first-order valence-electron chi connectivity index (χ1n) is 10.6. The number of fused-ring (bicyclic) bond motifs is 1. The Balaban J connectivity index is 1.40. The first kappa shape index (κ1) is 18.4. The van der Waals surface area contributed by atoms with Gasteiger partial charge in [0, 0.05) is 19.6 Å². The third kappa shape index (κ3) is 4.01. The molecular weight excluding hydrogens is 332 g/mol. The van der Waals surface area contributed by atoms with Gasteiger partial charge in [-0.1, -0.05) is 55.9 Å². The molecule has 0 aromatic heterocycles. The molecule has 3 aliphatic rings. The van der Waals surface area contributed by atoms with Gasteiger partial charge in [0.1, 0.15) is 6.07 Å². The van der Waals surface area contributed by atoms with E-state index in [2.05, 4.69) is 30.0 Å². The monoisotopic (exact) mass is 362 g/mol. The average Bonchev–Trinajstić information content (AvgIpc) is 2.66. The van der Waals surface area contributed by atoms with Crippen molar-refractivity contribution in [2.24, 2.45) is 11.8 Å². The van der Waals surface area contributed by atoms with Crippen LogP contribution in [0.2, 0.25) is 0 Å². The number of nitrogens with zero attached hydrogens (tertiary/aromatic N) is 2. The number of carbonyl (C=O) groups is 1. The maximum absolute atomic E-state index is 11.4. The molecule has 0 atom stereocenters. The second-order valence-corrected chi connectivity index (χ2v) is 8.80. The van der Waals surface area contributed by atoms with E-state index in [0.717, 1.165) is 38.4 Å². The molecule has 0 spiro atoms. The number of hydrogen-bond acceptors (Lipinski definition) is 3. The van der Waals surface area contributed by atoms with Crippen LogP contribution in [0.1, 0.15) is 62.1 Å². The van der Waals surface area contributed by atoms with E-state index < -0.39 is 0 Å². The van der Waals surface area contributed by atoms with Crippen molar-refractivity contribution >= 4 is 11.4 Å². The first-order chi connectivity index (χ1) is 13.1. The molecule has 4 rings (SSSR count). The number of benzene rings is 1. The van der Waals surface area contributed by atoms with Crippen LogP contribution < -0.4 is 0 Å². The van der Waals surface area contributed by atoms with Crippen LogP contribution in [0.3, 0.4) is 0 Å². The summed E-state index contributed by atoms with van der Waals surface area (Å²) in [7, 11) is 0. The molecule has 3 nitrogen and oxygen atoms in total. The van der Waals surface area contributed by atoms with E-state index in [1.54, 1.807) is 6.07 Å². The van der Waals surface area contributed by atoms with Crippen LogP contribution in [-0.2, 0) is 17.6 Å². The number of rotatable bonds is 5. The van der Waals surface area contributed by atoms with Gasteiger partial charge in [-0.25, -0.2) is 0 Å². The van der Waals surface area contributed by atoms with E-state index in [1.165, 1.54) is 66.4 Å². The second kappa shape index (κ2) is 7.98. The van der Waals surface area contributed by atoms with Gasteiger partial charge in [0.05, 0.1) is 5.92 Å². The van der Waals surface area contributed by atoms with Gasteiger partial charge in [0.15, 0.2) is 0 Å². The van der Waals surface area contributed by atoms with Crippen LogP contribution in [0.4, 0.5) is 0 Å². The highest BCUT2D eigenvalue weighted by atomic mass is 16.1. The zero-order chi connectivity index (χ0) is 18.8. The standard InChI is InChI=1S/C24H30N2O/c1-17-21(14-26-15-22(16-26)24(27)13-25)9-8-20-12-19(7-10-23(17)20)11-18-5-3-2-4-6-18/h7,10,12,18,22H,2-6,8-9,11,14-16H2,1H3. The summed E-state index contributed by atoms with van der Waals surface area (Å²) < 4.78 is 0. The molecular formula is C24H30N2O. The van der Waals surface area contributed by atoms with E-state index in [0.29, 0.717) is 0 Å². The Morgan fingerprint density at radius 2 is 1.96 bits per heavy atom. The molecule has 1 aromatic rings. The second-order valence-electron chi connectivity index (χ2n) is 8.80. The number of nitriles is 1. The number of Topliss-reactive ketones (excluding diaryl/α,β-unsaturated/α-hetero) is 1. The summed E-state index contributed by atoms with van der Waals surface area (Å²) in [5, 5.41) is 8.73. The Bertz CT molecular complexity index is 789. The third-order valence-electron chi connectivity index (χ3n) is 6.90. The van der Waals surface area contributed by atoms with Crippen LogP contribution in [0.5, 0.6) is 0 Å². The summed E-state index contributed by atoms with van der Waals surface area (Å²) in [5.41, 5.74) is 7.40. The average molecular weight is 363 g/mol. The third-order valence-corrected chi connectivity index (χ3v) is 6.90. The molecule has 2 aliphatic carbocycles. The van der Waals surface area contributed by atoms with Crippen molar-refractivity contribution in [2.45, 2.75) is 58.3 Å². The molecule has 0 unspecified atom stereocenters. The fourth-order valence-corrected chi connectivity index (χ4v) is 5.16. The van der Waals surface area contributed by atoms with Crippen molar-refractivity contribution in [1.82, 2.24) is 4.90 Å². The van der Waals surface area contributed by atoms with Crippen molar-refractivity contribution in [3.8, 4) is 6.07 Å². The minimum absolute atomic E-state index is 0.0610. The smallest absolute Gasteiger partial charge is 0.237 e. The van der Waals surface area contributed by atoms with Gasteiger partial charge in [-0.15, -0.1) is 0 Å². The summed E-state index contributed by atoms with van der Waals surface area (Å²) in [6.07, 6.45) is 10.6. The van der Waals surface area contributed by atoms with Crippen molar-refractivity contribution in [3.63, 3.8) is 0 Å². The highest BCUT2D eigenvalue weighted by Gasteiger charge is 2.33. The molecule has 1 heterocycles. The first-order valence-corrected chi connectivity index (χ1v) is 10.6. The normalized spacial score (nSPS) is 21.5. The van der Waals surface area contributed by atoms with Crippen molar-refractivity contribution in [2.75, 3.05) is 19.6 Å². The SMILES string of the molecule is CC1=C(CN2CC(C(=O)C#N)C2)CCc2cc(CC3CCCCC3)ccc21. The quantitative estimate of drug-likeness (QED) is 0.722. The number of hydrogen-bond donors (Lipinski definition) is 0. The maximum atomic E-state index is 11.4. The fraction of sp³-hybridized carbons (Fsp3) is 0.583. The van der Waals surface area contributed by atoms with Gasteiger partial charge >= 0.3 is 0 Å². The minimum Gasteiger partial charge on any atom is -0.298 e. The van der Waals surface area contributed by atoms with E-state index >= 15 is 0 Å². The molecule has 1 aliphatic heterocycles. The highest BCUT2D eigenvalue weighted by Crippen LogP contribution is 2.34. The minimum atomic E-state index is -0.253. The van der Waals surface area contributed by atoms with Crippen molar-refractivity contribution < 1.29 is 4.79 Å². The number of likely N-dealkylation sites (tertiary alicyclic amines) is 1. The summed E-state index contributed by atoms with van der Waals surface area (Å²) >= 11 is 0. The zero-order valence-electron chi connectivity index (χ0n) is 16.5. The summed E-state index contributed by atoms with van der Waals surface area (Å²) in [6, 6.07) is 8.94. The van der Waals surface area contributed by atoms with Crippen molar-refractivity contribution in [3.05, 3.63) is 40.5 Å². The summed E-state index contributed by atoms with van der Waals surface area (Å²) in [5.74, 6) is 0.577. The number of carbonyl (C=O) groups excluding carboxylic acids is 1. The maximum Gasteiger partial charge on any atom is 0.237 e. The Hall–Kier alpha value is -1.92. The van der Waals surface area contributed by atoms with Gasteiger partial charge in [0.2, 0.25) is 5.78 Å². The number of aryl methyl sites for hydroxylation is 1. The Kier molecular flexibility index (Phi) is 5.45. The van der Waals surface area contributed by atoms with Crippen LogP contribution in [0, 0.1) is 23.2 Å². The molecule has 0 bridgehead atoms. The largest absolute Gasteiger partial charge is 0.298 e. The lowest BCUT2D eigenvalue weighted by Gasteiger charge is -2.38. The fourth-order valence-electron chi connectivity index (χ4n) is 5.16. The van der Waals surface area contributed by atoms with Gasteiger partial charge < -0.3 is 0 Å². The Labute approximate surface area is 163 Å². The van der Waals surface area contributed by atoms with E-state index in [1.807, 2.05) is 0 Å². The molecule has 0 N–H and O–H groups in total. The van der Waals surface area contributed by atoms with Crippen LogP contribution in [0.15, 0.2) is 23.8 Å². The van der Waals surface area contributed by atoms with E-state index in [4.69, 9.17) is 5.26 Å². The van der Waals surface area contributed by atoms with Crippen molar-refractivity contribution in [1.29, 1.82) is 5.26 Å². The molecule has 27 heavy (non-hydrogen) atoms. The summed E-state index contributed by atoms with van der Waals surface area (Å²) in [4.78, 5) is 13.7. The molecule has 1 aromatic carbocycles. The van der Waals surface area contributed by atoms with Crippen LogP contribution >= 0.6 is 0 Å². The van der Waals surface area contributed by atoms with Crippen LogP contribution in [0.25, 0.3) is 5.57 Å². The lowest BCUT2D eigenvalue weighted by Crippen LogP contribution is -2.50. The molecule has 1 saturated carbocycles. The highest BCUT2D eigenvalue weighted by molar-refractivity contribution is 5.96. The Morgan fingerprint density at radius 1 is 1.19 bits per heavy atom. The Morgan fingerprint density at radius 3 is 2.70 bits per heavy atom. The lowest BCUT2D eigenvalue weighted by atomic mass is 9.81. The lowest BCUT2D eigenvalue weighted by molar-refractivity contribution is -0.122. The molecule has 0 amide bonds. The van der Waals surface area contributed by atoms with E-state index in [-0.39, 0.29) is 11.7 Å². The predicted octanol–water partition coefficient (Wildman–Crippen LogP) is 4.55.